The molecule has 0 aliphatic heterocycles. The maximum atomic E-state index is 14.1. The summed E-state index contributed by atoms with van der Waals surface area (Å²) in [6, 6.07) is 39.5. The van der Waals surface area contributed by atoms with Crippen molar-refractivity contribution in [3.05, 3.63) is 209 Å². The quantitative estimate of drug-likeness (QED) is 0.177. The summed E-state index contributed by atoms with van der Waals surface area (Å²) in [5.41, 5.74) is 10.8. The lowest BCUT2D eigenvalue weighted by Gasteiger charge is -2.30. The Morgan fingerprint density at radius 3 is 0.844 bits per heavy atom. The molecule has 0 saturated heterocycles. The largest absolute Gasteiger partial charge is 0.288 e. The molecule has 0 heterocycles. The first-order valence-electron chi connectivity index (χ1n) is 22.6. The Morgan fingerprint density at radius 1 is 0.328 bits per heavy atom. The van der Waals surface area contributed by atoms with Gasteiger partial charge in [0.1, 0.15) is 0 Å². The highest BCUT2D eigenvalue weighted by Crippen LogP contribution is 2.38. The minimum Gasteiger partial charge on any atom is -0.288 e. The molecule has 0 N–H and O–H groups in total. The number of Topliss-reactive ketones (excluding diaryl/α,β-unsaturated/α-hetero) is 4. The molecule has 6 aromatic carbocycles. The van der Waals surface area contributed by atoms with Crippen molar-refractivity contribution in [2.45, 2.75) is 118 Å². The van der Waals surface area contributed by atoms with Crippen molar-refractivity contribution < 1.29 is 19.2 Å². The minimum atomic E-state index is -0.257. The van der Waals surface area contributed by atoms with Crippen LogP contribution < -0.4 is 10.4 Å². The molecule has 64 heavy (non-hydrogen) atoms. The second-order valence-electron chi connectivity index (χ2n) is 21.9. The van der Waals surface area contributed by atoms with Gasteiger partial charge < -0.3 is 0 Å². The van der Waals surface area contributed by atoms with Crippen LogP contribution in [0.15, 0.2) is 121 Å². The maximum Gasteiger partial charge on any atom is 0.198 e. The highest BCUT2D eigenvalue weighted by molar-refractivity contribution is 6.56. The first-order valence-corrected chi connectivity index (χ1v) is 22.6. The number of rotatable bonds is 4. The molecule has 0 amide bonds. The maximum absolute atomic E-state index is 14.1. The van der Waals surface area contributed by atoms with E-state index >= 15 is 0 Å². The van der Waals surface area contributed by atoms with Crippen molar-refractivity contribution in [2.24, 2.45) is 0 Å². The zero-order chi connectivity index (χ0) is 46.3. The second kappa shape index (κ2) is 15.8. The molecule has 4 nitrogen and oxygen atoms in total. The fourth-order valence-corrected chi connectivity index (χ4v) is 10.1. The normalized spacial score (nSPS) is 15.0. The highest BCUT2D eigenvalue weighted by atomic mass is 16.2. The standard InChI is InChI=1S/C60H60O4/c1-57(2,3)47-23-17-24-48(58(4,5)6)45(47)33-37-31-35(51-53(61)41-19-13-14-20-42(41)54(51)62)27-29-39(37)40-30-28-36(52-55(63)43-21-15-16-22-44(43)56(52)64)32-38(40)34-46-49(59(7,8)9)25-18-26-50(46)60(10,11)12/h13-32H,33-34H2,1-12H3/b40-39+. The van der Waals surface area contributed by atoms with E-state index in [4.69, 9.17) is 0 Å². The molecule has 4 heteroatoms. The first kappa shape index (κ1) is 44.4. The molecule has 0 radical (unpaired) electrons. The first-order chi connectivity index (χ1) is 30.0. The molecule has 324 valence electrons. The lowest BCUT2D eigenvalue weighted by Crippen LogP contribution is -2.22. The number of hydrogen-bond acceptors (Lipinski definition) is 4. The number of hydrogen-bond donors (Lipinski definition) is 0. The highest BCUT2D eigenvalue weighted by Gasteiger charge is 2.35. The summed E-state index contributed by atoms with van der Waals surface area (Å²) in [6.07, 6.45) is 1.09. The molecular weight excluding hydrogens is 785 g/mol. The molecule has 0 atom stereocenters. The van der Waals surface area contributed by atoms with E-state index in [9.17, 15) is 19.2 Å². The molecule has 0 unspecified atom stereocenters. The van der Waals surface area contributed by atoms with Gasteiger partial charge in [-0.25, -0.2) is 0 Å². The summed E-state index contributed by atoms with van der Waals surface area (Å²) >= 11 is 0. The van der Waals surface area contributed by atoms with Crippen LogP contribution >= 0.6 is 0 Å². The number of carbonyl (C=O) groups is 4. The molecule has 2 aliphatic carbocycles. The molecule has 0 fully saturated rings. The van der Waals surface area contributed by atoms with Crippen LogP contribution in [0.1, 0.15) is 169 Å². The van der Waals surface area contributed by atoms with Crippen molar-refractivity contribution in [1.29, 1.82) is 0 Å². The molecule has 0 saturated carbocycles. The Balaban J connectivity index is 1.53. The van der Waals surface area contributed by atoms with E-state index in [-0.39, 0.29) is 55.9 Å². The summed E-state index contributed by atoms with van der Waals surface area (Å²) in [4.78, 5) is 56.3. The van der Waals surface area contributed by atoms with Gasteiger partial charge in [-0.3, -0.25) is 19.2 Å². The number of ketones is 4. The van der Waals surface area contributed by atoms with E-state index in [0.717, 1.165) is 21.6 Å². The van der Waals surface area contributed by atoms with Crippen molar-refractivity contribution >= 4 is 34.3 Å². The Morgan fingerprint density at radius 2 is 0.594 bits per heavy atom. The average Bonchev–Trinajstić information content (AvgIpc) is 3.63. The second-order valence-corrected chi connectivity index (χ2v) is 21.9. The summed E-state index contributed by atoms with van der Waals surface area (Å²) in [7, 11) is 0. The average molecular weight is 845 g/mol. The summed E-state index contributed by atoms with van der Waals surface area (Å²) < 4.78 is 0. The topological polar surface area (TPSA) is 68.3 Å². The smallest absolute Gasteiger partial charge is 0.198 e. The van der Waals surface area contributed by atoms with E-state index in [0.29, 0.717) is 45.5 Å². The predicted octanol–water partition coefficient (Wildman–Crippen LogP) is 11.8. The van der Waals surface area contributed by atoms with Gasteiger partial charge in [0.05, 0.1) is 11.1 Å². The van der Waals surface area contributed by atoms with E-state index in [1.54, 1.807) is 48.5 Å². The fourth-order valence-electron chi connectivity index (χ4n) is 10.1. The molecule has 8 rings (SSSR count). The van der Waals surface area contributed by atoms with Crippen LogP contribution in [0.2, 0.25) is 0 Å². The summed E-state index contributed by atoms with van der Waals surface area (Å²) in [5, 5.41) is 3.12. The Hall–Kier alpha value is -6.26. The number of fused-ring (bicyclic) bond motifs is 2. The van der Waals surface area contributed by atoms with Crippen LogP contribution in [0.4, 0.5) is 0 Å². The van der Waals surface area contributed by atoms with Gasteiger partial charge in [0.25, 0.3) is 0 Å². The lowest BCUT2D eigenvalue weighted by molar-refractivity contribution is 0.101. The van der Waals surface area contributed by atoms with Crippen molar-refractivity contribution in [1.82, 2.24) is 0 Å². The van der Waals surface area contributed by atoms with Gasteiger partial charge in [0, 0.05) is 22.3 Å². The van der Waals surface area contributed by atoms with Gasteiger partial charge in [0.15, 0.2) is 23.1 Å². The van der Waals surface area contributed by atoms with Crippen LogP contribution in [-0.4, -0.2) is 23.1 Å². The molecule has 0 aromatic heterocycles. The molecule has 2 aliphatic rings. The predicted molar refractivity (Wildman–Crippen MR) is 260 cm³/mol. The van der Waals surface area contributed by atoms with E-state index < -0.39 is 0 Å². The number of carbonyl (C=O) groups excluding carboxylic acids is 4. The third kappa shape index (κ3) is 7.86. The third-order valence-electron chi connectivity index (χ3n) is 13.1. The minimum absolute atomic E-state index is 0.176. The van der Waals surface area contributed by atoms with Crippen molar-refractivity contribution in [3.63, 3.8) is 0 Å². The lowest BCUT2D eigenvalue weighted by atomic mass is 9.74. The molecule has 6 aromatic rings. The fraction of sp³-hybridized carbons (Fsp3) is 0.300. The van der Waals surface area contributed by atoms with Crippen LogP contribution in [0.25, 0.3) is 11.1 Å². The van der Waals surface area contributed by atoms with Gasteiger partial charge >= 0.3 is 0 Å². The number of benzene rings is 6. The zero-order valence-electron chi connectivity index (χ0n) is 39.6. The Kier molecular flexibility index (Phi) is 10.9. The summed E-state index contributed by atoms with van der Waals surface area (Å²) in [5.74, 6) is -1.03. The molecule has 0 bridgehead atoms. The van der Waals surface area contributed by atoms with E-state index in [2.05, 4.69) is 144 Å². The van der Waals surface area contributed by atoms with Crippen LogP contribution in [0.3, 0.4) is 0 Å². The van der Waals surface area contributed by atoms with Crippen molar-refractivity contribution in [2.75, 3.05) is 0 Å². The SMILES string of the molecule is CC(C)(C)c1cccc(C(C)(C)C)c1Cc1cc(=C2C(=O)c3ccccc3C2=O)cc/c1=c1/ccc(=C2C(=O)c3ccccc3C2=O)cc1Cc1c(C(C)(C)C)cccc1C(C)(C)C. The molecule has 0 spiro atoms. The van der Waals surface area contributed by atoms with Crippen molar-refractivity contribution in [3.8, 4) is 0 Å². The van der Waals surface area contributed by atoms with Crippen LogP contribution in [0.5, 0.6) is 0 Å². The Labute approximate surface area is 378 Å². The van der Waals surface area contributed by atoms with Crippen LogP contribution in [0, 0.1) is 10.4 Å². The van der Waals surface area contributed by atoms with Gasteiger partial charge in [-0.15, -0.1) is 0 Å². The van der Waals surface area contributed by atoms with E-state index in [1.807, 2.05) is 12.1 Å². The van der Waals surface area contributed by atoms with Gasteiger partial charge in [0.2, 0.25) is 0 Å². The monoisotopic (exact) mass is 844 g/mol. The zero-order valence-corrected chi connectivity index (χ0v) is 39.6. The molecular formula is C60H60O4. The van der Waals surface area contributed by atoms with E-state index in [1.165, 1.54) is 33.4 Å². The van der Waals surface area contributed by atoms with Gasteiger partial charge in [-0.2, -0.15) is 0 Å². The van der Waals surface area contributed by atoms with Gasteiger partial charge in [-0.05, 0) is 112 Å². The van der Waals surface area contributed by atoms with Crippen LogP contribution in [-0.2, 0) is 34.5 Å². The summed E-state index contributed by atoms with van der Waals surface area (Å²) in [6.45, 7) is 27.0. The van der Waals surface area contributed by atoms with Gasteiger partial charge in [-0.1, -0.05) is 192 Å². The Bertz CT molecular complexity index is 2850. The third-order valence-corrected chi connectivity index (χ3v) is 13.1.